The minimum absolute atomic E-state index is 0.506. The van der Waals surface area contributed by atoms with Crippen LogP contribution in [0.5, 0.6) is 0 Å². The molecule has 0 fully saturated rings. The molecule has 1 unspecified atom stereocenters. The molecular formula is C14H23N3O4. The Morgan fingerprint density at radius 3 is 2.33 bits per heavy atom. The van der Waals surface area contributed by atoms with Crippen LogP contribution in [0.1, 0.15) is 40.3 Å². The quantitative estimate of drug-likeness (QED) is 0.848. The lowest BCUT2D eigenvalue weighted by Crippen LogP contribution is -2.47. The van der Waals surface area contributed by atoms with E-state index in [0.29, 0.717) is 5.69 Å². The van der Waals surface area contributed by atoms with Crippen LogP contribution in [0.25, 0.3) is 0 Å². The predicted octanol–water partition coefficient (Wildman–Crippen LogP) is 1.44. The third-order valence-corrected chi connectivity index (χ3v) is 3.08. The monoisotopic (exact) mass is 297 g/mol. The van der Waals surface area contributed by atoms with E-state index < -0.39 is 29.1 Å². The van der Waals surface area contributed by atoms with Crippen molar-refractivity contribution in [3.63, 3.8) is 0 Å². The fraction of sp³-hybridized carbons (Fsp3) is 0.643. The molecule has 2 N–H and O–H groups in total. The standard InChI is InChI=1S/C14H23N3O4/c1-13(2,3)21-12(19)17-7-9(16-8-17)14(4,5)10(15)11(18)20-6/h7-8,10H,15H2,1-6H3. The number of carbonyl (C=O) groups excluding carboxylic acids is 2. The first-order chi connectivity index (χ1) is 9.49. The van der Waals surface area contributed by atoms with Crippen molar-refractivity contribution in [3.05, 3.63) is 18.2 Å². The van der Waals surface area contributed by atoms with Gasteiger partial charge >= 0.3 is 12.1 Å². The number of hydrogen-bond donors (Lipinski definition) is 1. The summed E-state index contributed by atoms with van der Waals surface area (Å²) < 4.78 is 11.1. The highest BCUT2D eigenvalue weighted by Gasteiger charge is 2.37. The number of aromatic nitrogens is 2. The van der Waals surface area contributed by atoms with Crippen LogP contribution in [0.15, 0.2) is 12.5 Å². The van der Waals surface area contributed by atoms with Gasteiger partial charge in [-0.3, -0.25) is 4.79 Å². The summed E-state index contributed by atoms with van der Waals surface area (Å²) >= 11 is 0. The van der Waals surface area contributed by atoms with Crippen molar-refractivity contribution in [2.45, 2.75) is 51.7 Å². The maximum atomic E-state index is 11.9. The van der Waals surface area contributed by atoms with Crippen molar-refractivity contribution in [2.24, 2.45) is 5.73 Å². The van der Waals surface area contributed by atoms with Crippen LogP contribution >= 0.6 is 0 Å². The smallest absolute Gasteiger partial charge is 0.419 e. The maximum Gasteiger partial charge on any atom is 0.419 e. The summed E-state index contributed by atoms with van der Waals surface area (Å²) in [5.74, 6) is -0.535. The van der Waals surface area contributed by atoms with Crippen molar-refractivity contribution in [2.75, 3.05) is 7.11 Å². The highest BCUT2D eigenvalue weighted by molar-refractivity contribution is 5.77. The van der Waals surface area contributed by atoms with E-state index in [-0.39, 0.29) is 0 Å². The Kier molecular flexibility index (Phi) is 4.78. The van der Waals surface area contributed by atoms with Crippen LogP contribution < -0.4 is 5.73 Å². The van der Waals surface area contributed by atoms with Crippen LogP contribution in [0, 0.1) is 0 Å². The van der Waals surface area contributed by atoms with Gasteiger partial charge in [0.1, 0.15) is 18.0 Å². The molecule has 1 aromatic rings. The van der Waals surface area contributed by atoms with Crippen molar-refractivity contribution in [1.82, 2.24) is 9.55 Å². The van der Waals surface area contributed by atoms with Gasteiger partial charge in [-0.05, 0) is 20.8 Å². The van der Waals surface area contributed by atoms with Gasteiger partial charge in [0.25, 0.3) is 0 Å². The minimum atomic E-state index is -0.885. The summed E-state index contributed by atoms with van der Waals surface area (Å²) in [4.78, 5) is 27.7. The lowest BCUT2D eigenvalue weighted by molar-refractivity contribution is -0.143. The zero-order chi connectivity index (χ0) is 16.4. The van der Waals surface area contributed by atoms with E-state index in [1.54, 1.807) is 34.6 Å². The summed E-state index contributed by atoms with van der Waals surface area (Å²) in [7, 11) is 1.28. The third-order valence-electron chi connectivity index (χ3n) is 3.08. The van der Waals surface area contributed by atoms with E-state index >= 15 is 0 Å². The van der Waals surface area contributed by atoms with Crippen LogP contribution in [0.3, 0.4) is 0 Å². The number of nitrogens with two attached hydrogens (primary N) is 1. The second-order valence-corrected chi connectivity index (χ2v) is 6.37. The molecule has 0 saturated heterocycles. The number of hydrogen-bond acceptors (Lipinski definition) is 6. The molecule has 1 rings (SSSR count). The molecule has 21 heavy (non-hydrogen) atoms. The van der Waals surface area contributed by atoms with Gasteiger partial charge in [-0.1, -0.05) is 13.8 Å². The summed E-state index contributed by atoms with van der Waals surface area (Å²) in [6, 6.07) is -0.885. The first-order valence-electron chi connectivity index (χ1n) is 6.60. The van der Waals surface area contributed by atoms with Gasteiger partial charge in [0.15, 0.2) is 0 Å². The molecule has 0 bridgehead atoms. The Hall–Kier alpha value is -1.89. The molecule has 0 radical (unpaired) electrons. The maximum absolute atomic E-state index is 11.9. The van der Waals surface area contributed by atoms with Crippen molar-refractivity contribution in [1.29, 1.82) is 0 Å². The third kappa shape index (κ3) is 4.04. The van der Waals surface area contributed by atoms with Gasteiger partial charge in [-0.25, -0.2) is 14.3 Å². The summed E-state index contributed by atoms with van der Waals surface area (Å²) in [5, 5.41) is 0. The SMILES string of the molecule is COC(=O)C(N)C(C)(C)c1cn(C(=O)OC(C)(C)C)cn1. The Labute approximate surface area is 124 Å². The van der Waals surface area contributed by atoms with E-state index in [1.165, 1.54) is 24.2 Å². The van der Waals surface area contributed by atoms with Gasteiger partial charge < -0.3 is 15.2 Å². The molecule has 0 aliphatic carbocycles. The fourth-order valence-electron chi connectivity index (χ4n) is 1.65. The number of ether oxygens (including phenoxy) is 2. The highest BCUT2D eigenvalue weighted by atomic mass is 16.6. The van der Waals surface area contributed by atoms with Crippen LogP contribution in [-0.4, -0.2) is 40.4 Å². The first-order valence-corrected chi connectivity index (χ1v) is 6.60. The van der Waals surface area contributed by atoms with E-state index in [1.807, 2.05) is 0 Å². The Morgan fingerprint density at radius 2 is 1.86 bits per heavy atom. The largest absolute Gasteiger partial charge is 0.468 e. The van der Waals surface area contributed by atoms with Gasteiger partial charge in [0.2, 0.25) is 0 Å². The lowest BCUT2D eigenvalue weighted by Gasteiger charge is -2.27. The normalized spacial score (nSPS) is 13.7. The average molecular weight is 297 g/mol. The molecule has 0 aliphatic heterocycles. The highest BCUT2D eigenvalue weighted by Crippen LogP contribution is 2.25. The molecule has 1 aromatic heterocycles. The molecular weight excluding hydrogens is 274 g/mol. The van der Waals surface area contributed by atoms with Gasteiger partial charge in [-0.2, -0.15) is 0 Å². The van der Waals surface area contributed by atoms with E-state index in [0.717, 1.165) is 0 Å². The molecule has 0 spiro atoms. The molecule has 7 nitrogen and oxygen atoms in total. The second kappa shape index (κ2) is 5.85. The Balaban J connectivity index is 2.97. The van der Waals surface area contributed by atoms with Gasteiger partial charge in [-0.15, -0.1) is 0 Å². The van der Waals surface area contributed by atoms with E-state index in [4.69, 9.17) is 10.5 Å². The molecule has 0 aliphatic rings. The zero-order valence-corrected chi connectivity index (χ0v) is 13.3. The molecule has 0 amide bonds. The van der Waals surface area contributed by atoms with Gasteiger partial charge in [0, 0.05) is 11.6 Å². The molecule has 118 valence electrons. The topological polar surface area (TPSA) is 96.4 Å². The van der Waals surface area contributed by atoms with E-state index in [2.05, 4.69) is 9.72 Å². The number of carbonyl (C=O) groups is 2. The fourth-order valence-corrected chi connectivity index (χ4v) is 1.65. The number of nitrogens with zero attached hydrogens (tertiary/aromatic N) is 2. The van der Waals surface area contributed by atoms with Crippen molar-refractivity contribution >= 4 is 12.1 Å². The number of methoxy groups -OCH3 is 1. The zero-order valence-electron chi connectivity index (χ0n) is 13.3. The summed E-state index contributed by atoms with van der Waals surface area (Å²) in [6.45, 7) is 8.85. The van der Waals surface area contributed by atoms with Crippen LogP contribution in [-0.2, 0) is 19.7 Å². The van der Waals surface area contributed by atoms with E-state index in [9.17, 15) is 9.59 Å². The van der Waals surface area contributed by atoms with Crippen molar-refractivity contribution in [3.8, 4) is 0 Å². The molecule has 1 atom stereocenters. The molecule has 7 heteroatoms. The average Bonchev–Trinajstić information content (AvgIpc) is 2.85. The summed E-state index contributed by atoms with van der Waals surface area (Å²) in [5.41, 5.74) is 5.02. The summed E-state index contributed by atoms with van der Waals surface area (Å²) in [6.07, 6.45) is 2.31. The number of esters is 1. The second-order valence-electron chi connectivity index (χ2n) is 6.37. The number of imidazole rings is 1. The van der Waals surface area contributed by atoms with Crippen LogP contribution in [0.2, 0.25) is 0 Å². The minimum Gasteiger partial charge on any atom is -0.468 e. The van der Waals surface area contributed by atoms with Crippen molar-refractivity contribution < 1.29 is 19.1 Å². The lowest BCUT2D eigenvalue weighted by atomic mass is 9.82. The van der Waals surface area contributed by atoms with Gasteiger partial charge in [0.05, 0.1) is 12.8 Å². The predicted molar refractivity (Wildman–Crippen MR) is 76.9 cm³/mol. The molecule has 0 saturated carbocycles. The van der Waals surface area contributed by atoms with Crippen LogP contribution in [0.4, 0.5) is 4.79 Å². The molecule has 1 heterocycles. The molecule has 0 aromatic carbocycles. The first kappa shape index (κ1) is 17.2. The Bertz CT molecular complexity index is 529. The Morgan fingerprint density at radius 1 is 1.29 bits per heavy atom. The number of rotatable bonds is 3.